The summed E-state index contributed by atoms with van der Waals surface area (Å²) in [5.74, 6) is 0. The molecule has 0 unspecified atom stereocenters. The van der Waals surface area contributed by atoms with E-state index < -0.39 is 5.09 Å². The number of hydrogen-bond donors (Lipinski definition) is 0. The Kier molecular flexibility index (Phi) is 21000. The molecule has 19 nitrogen and oxygen atoms in total. The third-order valence-corrected chi connectivity index (χ3v) is 0. The number of rotatable bonds is 0. The van der Waals surface area contributed by atoms with Crippen LogP contribution in [0.1, 0.15) is 0 Å². The molecule has 24 heavy (non-hydrogen) atoms. The van der Waals surface area contributed by atoms with Gasteiger partial charge in [-0.25, -0.2) is 0 Å². The monoisotopic (exact) mass is 501 g/mol. The maximum Gasteiger partial charge on any atom is 2.00 e. The maximum absolute atomic E-state index is 8.25. The topological polar surface area (TPSA) is 539 Å². The van der Waals surface area contributed by atoms with Crippen LogP contribution < -0.4 is 48.2 Å². The first-order valence-corrected chi connectivity index (χ1v) is 0.548. The smallest absolute Gasteiger partial charge is 1.00 e. The van der Waals surface area contributed by atoms with Crippen molar-refractivity contribution in [2.24, 2.45) is 0 Å². The fraction of sp³-hybridized carbons (Fsp3) is 0. The van der Waals surface area contributed by atoms with Crippen LogP contribution in [0.5, 0.6) is 0 Å². The van der Waals surface area contributed by atoms with E-state index in [1.807, 2.05) is 0 Å². The molecule has 0 spiro atoms. The summed E-state index contributed by atoms with van der Waals surface area (Å²) >= 11 is 0. The quantitative estimate of drug-likeness (QED) is 0.177. The van der Waals surface area contributed by atoms with Gasteiger partial charge < -0.3 is 127 Å². The minimum absolute atomic E-state index is 0. The van der Waals surface area contributed by atoms with Crippen molar-refractivity contribution in [2.45, 2.75) is 0 Å². The second-order valence-electron chi connectivity index (χ2n) is 0.224. The van der Waals surface area contributed by atoms with Crippen molar-refractivity contribution in [3.05, 3.63) is 15.3 Å². The fourth-order valence-corrected chi connectivity index (χ4v) is 0. The molecule has 0 saturated carbocycles. The third-order valence-electron chi connectivity index (χ3n) is 0. The van der Waals surface area contributed by atoms with Gasteiger partial charge in [-0.05, 0) is 0 Å². The molecule has 0 aromatic heterocycles. The second kappa shape index (κ2) is 668. The van der Waals surface area contributed by atoms with Crippen molar-refractivity contribution in [3.63, 3.8) is 0 Å². The first-order chi connectivity index (χ1) is 1.73. The Hall–Kier alpha value is 1.50. The van der Waals surface area contributed by atoms with Gasteiger partial charge in [-0.3, -0.25) is 0 Å². The molecule has 0 radical (unpaired) electrons. The standard InChI is InChI=1S/BrH.ClH.Li.2Mg.NO3.15H2O/c;;;;;2-1(3)4;;;;;;;;;;;;;;;/h2*1H;;;;;15*1H2/q;;+1;2*+2;-1;;;;;;;;;;;;;;;/p-2. The van der Waals surface area contributed by atoms with Crippen LogP contribution in [0.3, 0.4) is 0 Å². The summed E-state index contributed by atoms with van der Waals surface area (Å²) in [6.45, 7) is 0. The zero-order chi connectivity index (χ0) is 3.58. The van der Waals surface area contributed by atoms with Crippen LogP contribution in [0.4, 0.5) is 0 Å². The Morgan fingerprint density at radius 3 is 0.458 bits per heavy atom. The SMILES string of the molecule is O.O.O.O.O.O.O.O.O.O.O.O.O.O.O.O=[N+]([O-])[O-].[Br-].[Cl-].[Li+].[Mg+2].[Mg+2]. The maximum atomic E-state index is 8.25. The summed E-state index contributed by atoms with van der Waals surface area (Å²) in [7, 11) is 0. The van der Waals surface area contributed by atoms with Gasteiger partial charge in [-0.1, -0.05) is 0 Å². The van der Waals surface area contributed by atoms with Crippen molar-refractivity contribution < 1.29 is 135 Å². The van der Waals surface area contributed by atoms with Gasteiger partial charge in [0.15, 0.2) is 0 Å². The normalized spacial score (nSPS) is 1.00. The van der Waals surface area contributed by atoms with E-state index in [0.717, 1.165) is 0 Å². The Labute approximate surface area is 195 Å². The molecule has 0 rings (SSSR count). The molecule has 0 heterocycles. The Morgan fingerprint density at radius 1 is 0.458 bits per heavy atom. The first-order valence-electron chi connectivity index (χ1n) is 0.548. The van der Waals surface area contributed by atoms with E-state index in [9.17, 15) is 0 Å². The van der Waals surface area contributed by atoms with Crippen LogP contribution in [-0.4, -0.2) is 133 Å². The number of halogens is 2. The zero-order valence-corrected chi connectivity index (χ0v) is 17.5. The number of hydrogen-bond acceptors (Lipinski definition) is 3. The van der Waals surface area contributed by atoms with Crippen LogP contribution >= 0.6 is 0 Å². The van der Waals surface area contributed by atoms with Gasteiger partial charge in [0.1, 0.15) is 0 Å². The average Bonchev–Trinajstić information content (AvgIpc) is 0.811. The van der Waals surface area contributed by atoms with Crippen LogP contribution in [0.15, 0.2) is 0 Å². The molecule has 0 aliphatic carbocycles. The molecule has 0 aromatic rings. The van der Waals surface area contributed by atoms with Crippen molar-refractivity contribution in [2.75, 3.05) is 0 Å². The van der Waals surface area contributed by atoms with Crippen LogP contribution in [0.25, 0.3) is 0 Å². The predicted octanol–water partition coefficient (Wildman–Crippen LogP) is -22.4. The second-order valence-corrected chi connectivity index (χ2v) is 0.224. The molecule has 0 amide bonds. The van der Waals surface area contributed by atoms with Crippen molar-refractivity contribution in [1.82, 2.24) is 0 Å². The average molecular weight is 503 g/mol. The Balaban J connectivity index is -0.000000000237. The van der Waals surface area contributed by atoms with E-state index in [0.29, 0.717) is 0 Å². The van der Waals surface area contributed by atoms with Gasteiger partial charge in [0, 0.05) is 0 Å². The fourth-order valence-electron chi connectivity index (χ4n) is 0. The molecule has 0 aliphatic heterocycles. The van der Waals surface area contributed by atoms with Crippen LogP contribution in [0, 0.1) is 15.3 Å². The van der Waals surface area contributed by atoms with E-state index >= 15 is 0 Å². The van der Waals surface area contributed by atoms with Gasteiger partial charge >= 0.3 is 65.0 Å². The summed E-state index contributed by atoms with van der Waals surface area (Å²) < 4.78 is 0. The molecule has 24 heteroatoms. The minimum Gasteiger partial charge on any atom is -1.00 e. The first kappa shape index (κ1) is 756. The van der Waals surface area contributed by atoms with Gasteiger partial charge in [-0.15, -0.1) is 0 Å². The third kappa shape index (κ3) is 5290. The molecule has 0 bridgehead atoms. The zero-order valence-electron chi connectivity index (χ0n) is 12.3. The van der Waals surface area contributed by atoms with Crippen molar-refractivity contribution >= 4 is 46.1 Å². The van der Waals surface area contributed by atoms with Gasteiger partial charge in [0.05, 0.1) is 5.09 Å². The Bertz CT molecular complexity index is 56.0. The minimum atomic E-state index is -1.75. The van der Waals surface area contributed by atoms with E-state index in [1.165, 1.54) is 0 Å². The molecular weight excluding hydrogens is 473 g/mol. The van der Waals surface area contributed by atoms with Gasteiger partial charge in [-0.2, -0.15) is 0 Å². The van der Waals surface area contributed by atoms with Crippen molar-refractivity contribution in [3.8, 4) is 0 Å². The predicted molar refractivity (Wildman–Crippen MR) is 76.1 cm³/mol. The summed E-state index contributed by atoms with van der Waals surface area (Å²) in [6, 6.07) is 0. The molecular formula is H30BrClLiMg2NO18+2. The molecule has 0 aliphatic rings. The molecule has 30 N–H and O–H groups in total. The largest absolute Gasteiger partial charge is 2.00 e. The van der Waals surface area contributed by atoms with Crippen LogP contribution in [-0.2, 0) is 0 Å². The summed E-state index contributed by atoms with van der Waals surface area (Å²) in [5.41, 5.74) is 0. The van der Waals surface area contributed by atoms with Crippen LogP contribution in [0.2, 0.25) is 0 Å². The molecule has 0 atom stereocenters. The Morgan fingerprint density at radius 2 is 0.458 bits per heavy atom. The van der Waals surface area contributed by atoms with E-state index in [4.69, 9.17) is 15.3 Å². The van der Waals surface area contributed by atoms with E-state index in [-0.39, 0.29) is 176 Å². The molecule has 0 aromatic carbocycles. The molecule has 0 saturated heterocycles. The molecule has 160 valence electrons. The van der Waals surface area contributed by atoms with E-state index in [1.54, 1.807) is 0 Å². The summed E-state index contributed by atoms with van der Waals surface area (Å²) in [4.78, 5) is 8.25. The summed E-state index contributed by atoms with van der Waals surface area (Å²) in [5, 5.41) is 14.8. The van der Waals surface area contributed by atoms with E-state index in [2.05, 4.69) is 0 Å². The van der Waals surface area contributed by atoms with Gasteiger partial charge in [0.25, 0.3) is 0 Å². The summed E-state index contributed by atoms with van der Waals surface area (Å²) in [6.07, 6.45) is 0. The number of nitrogens with zero attached hydrogens (tertiary/aromatic N) is 1. The molecule has 0 fully saturated rings. The van der Waals surface area contributed by atoms with Crippen molar-refractivity contribution in [1.29, 1.82) is 0 Å². The van der Waals surface area contributed by atoms with Gasteiger partial charge in [0.2, 0.25) is 0 Å².